The number of nitrogens with zero attached hydrogens (tertiary/aromatic N) is 1. The van der Waals surface area contributed by atoms with Gasteiger partial charge in [0, 0.05) is 24.7 Å². The lowest BCUT2D eigenvalue weighted by Crippen LogP contribution is -2.38. The summed E-state index contributed by atoms with van der Waals surface area (Å²) in [6.07, 6.45) is 3.99. The van der Waals surface area contributed by atoms with Gasteiger partial charge >= 0.3 is 0 Å². The van der Waals surface area contributed by atoms with Crippen LogP contribution in [-0.2, 0) is 16.6 Å². The predicted molar refractivity (Wildman–Crippen MR) is 77.9 cm³/mol. The van der Waals surface area contributed by atoms with Crippen LogP contribution in [0.4, 0.5) is 0 Å². The fourth-order valence-electron chi connectivity index (χ4n) is 3.01. The van der Waals surface area contributed by atoms with Crippen molar-refractivity contribution in [2.24, 2.45) is 5.73 Å². The molecule has 0 aliphatic carbocycles. The number of rotatable bonds is 3. The van der Waals surface area contributed by atoms with Crippen molar-refractivity contribution < 1.29 is 12.8 Å². The van der Waals surface area contributed by atoms with E-state index in [9.17, 15) is 8.42 Å². The van der Waals surface area contributed by atoms with Crippen molar-refractivity contribution in [3.63, 3.8) is 0 Å². The van der Waals surface area contributed by atoms with E-state index in [1.54, 1.807) is 18.2 Å². The zero-order chi connectivity index (χ0) is 14.9. The van der Waals surface area contributed by atoms with Crippen molar-refractivity contribution in [3.8, 4) is 0 Å². The lowest BCUT2D eigenvalue weighted by molar-refractivity contribution is 0.341. The Kier molecular flexibility index (Phi) is 4.56. The molecule has 20 heavy (non-hydrogen) atoms. The minimum Gasteiger partial charge on any atom is -0.465 e. The van der Waals surface area contributed by atoms with Crippen LogP contribution < -0.4 is 5.73 Å². The van der Waals surface area contributed by atoms with E-state index in [0.717, 1.165) is 25.7 Å². The highest BCUT2D eigenvalue weighted by Gasteiger charge is 2.35. The summed E-state index contributed by atoms with van der Waals surface area (Å²) < 4.78 is 33.1. The average molecular weight is 300 g/mol. The van der Waals surface area contributed by atoms with E-state index in [1.807, 2.05) is 6.92 Å². The molecule has 0 aromatic carbocycles. The van der Waals surface area contributed by atoms with Crippen LogP contribution in [0.25, 0.3) is 0 Å². The first kappa shape index (κ1) is 15.5. The molecular weight excluding hydrogens is 276 g/mol. The van der Waals surface area contributed by atoms with Crippen LogP contribution in [0, 0.1) is 13.8 Å². The van der Waals surface area contributed by atoms with Gasteiger partial charge in [-0.2, -0.15) is 4.31 Å². The van der Waals surface area contributed by atoms with Crippen LogP contribution in [-0.4, -0.2) is 25.3 Å². The predicted octanol–water partition coefficient (Wildman–Crippen LogP) is 2.31. The van der Waals surface area contributed by atoms with Crippen LogP contribution in [0.5, 0.6) is 0 Å². The van der Waals surface area contributed by atoms with Crippen LogP contribution in [0.3, 0.4) is 0 Å². The standard InChI is InChI=1S/C14H24N2O3S/c1-10-7-5-4-6-8-16(10)20(17,18)14-12(3)19-11(2)13(14)9-15/h10H,4-9,15H2,1-3H3. The smallest absolute Gasteiger partial charge is 0.247 e. The molecule has 1 saturated heterocycles. The van der Waals surface area contributed by atoms with Gasteiger partial charge in [0.05, 0.1) is 0 Å². The summed E-state index contributed by atoms with van der Waals surface area (Å²) in [6, 6.07) is 0.0303. The fourth-order valence-corrected chi connectivity index (χ4v) is 5.13. The summed E-state index contributed by atoms with van der Waals surface area (Å²) in [5.41, 5.74) is 6.32. The Morgan fingerprint density at radius 2 is 1.95 bits per heavy atom. The molecule has 1 unspecified atom stereocenters. The van der Waals surface area contributed by atoms with Gasteiger partial charge in [0.1, 0.15) is 16.4 Å². The molecule has 0 spiro atoms. The molecule has 2 heterocycles. The van der Waals surface area contributed by atoms with Crippen LogP contribution >= 0.6 is 0 Å². The van der Waals surface area contributed by atoms with E-state index in [-0.39, 0.29) is 17.5 Å². The zero-order valence-corrected chi connectivity index (χ0v) is 13.3. The third-order valence-corrected chi connectivity index (χ3v) is 6.30. The molecule has 1 aliphatic rings. The molecule has 6 heteroatoms. The van der Waals surface area contributed by atoms with Gasteiger partial charge < -0.3 is 10.2 Å². The second kappa shape index (κ2) is 5.87. The Labute approximate surface area is 121 Å². The second-order valence-electron chi connectivity index (χ2n) is 5.54. The molecule has 0 saturated carbocycles. The summed E-state index contributed by atoms with van der Waals surface area (Å²) in [5, 5.41) is 0. The summed E-state index contributed by atoms with van der Waals surface area (Å²) in [5.74, 6) is 1.05. The molecule has 1 atom stereocenters. The maximum absolute atomic E-state index is 13.0. The van der Waals surface area contributed by atoms with Crippen molar-refractivity contribution >= 4 is 10.0 Å². The molecular formula is C14H24N2O3S. The SMILES string of the molecule is Cc1oc(C)c(S(=O)(=O)N2CCCCCC2C)c1CN. The minimum atomic E-state index is -3.53. The van der Waals surface area contributed by atoms with E-state index < -0.39 is 10.0 Å². The van der Waals surface area contributed by atoms with Crippen molar-refractivity contribution in [1.82, 2.24) is 4.31 Å². The van der Waals surface area contributed by atoms with Gasteiger partial charge in [-0.15, -0.1) is 0 Å². The number of hydrogen-bond donors (Lipinski definition) is 1. The average Bonchev–Trinajstić information content (AvgIpc) is 2.54. The van der Waals surface area contributed by atoms with Gasteiger partial charge in [0.2, 0.25) is 10.0 Å². The molecule has 5 nitrogen and oxygen atoms in total. The third-order valence-electron chi connectivity index (χ3n) is 4.09. The Morgan fingerprint density at radius 3 is 2.60 bits per heavy atom. The molecule has 0 bridgehead atoms. The molecule has 1 aromatic heterocycles. The normalized spacial score (nSPS) is 21.9. The minimum absolute atomic E-state index is 0.0303. The molecule has 0 radical (unpaired) electrons. The topological polar surface area (TPSA) is 76.5 Å². The number of aryl methyl sites for hydroxylation is 2. The van der Waals surface area contributed by atoms with Gasteiger partial charge in [-0.05, 0) is 33.6 Å². The maximum atomic E-state index is 13.0. The monoisotopic (exact) mass is 300 g/mol. The number of furan rings is 1. The third kappa shape index (κ3) is 2.64. The van der Waals surface area contributed by atoms with Gasteiger partial charge in [-0.1, -0.05) is 12.8 Å². The fraction of sp³-hybridized carbons (Fsp3) is 0.714. The van der Waals surface area contributed by atoms with Gasteiger partial charge in [-0.25, -0.2) is 8.42 Å². The maximum Gasteiger partial charge on any atom is 0.247 e. The van der Waals surface area contributed by atoms with E-state index >= 15 is 0 Å². The van der Waals surface area contributed by atoms with Crippen LogP contribution in [0.1, 0.15) is 49.7 Å². The summed E-state index contributed by atoms with van der Waals surface area (Å²) in [7, 11) is -3.53. The quantitative estimate of drug-likeness (QED) is 0.929. The second-order valence-corrected chi connectivity index (χ2v) is 7.37. The zero-order valence-electron chi connectivity index (χ0n) is 12.5. The highest BCUT2D eigenvalue weighted by atomic mass is 32.2. The summed E-state index contributed by atoms with van der Waals surface area (Å²) in [6.45, 7) is 6.20. The van der Waals surface area contributed by atoms with Crippen molar-refractivity contribution in [1.29, 1.82) is 0 Å². The van der Waals surface area contributed by atoms with Gasteiger partial charge in [-0.3, -0.25) is 0 Å². The molecule has 0 amide bonds. The molecule has 114 valence electrons. The highest BCUT2D eigenvalue weighted by Crippen LogP contribution is 2.31. The Morgan fingerprint density at radius 1 is 1.25 bits per heavy atom. The first-order chi connectivity index (χ1) is 9.39. The lowest BCUT2D eigenvalue weighted by atomic mass is 10.1. The van der Waals surface area contributed by atoms with E-state index in [4.69, 9.17) is 10.2 Å². The Balaban J connectivity index is 2.49. The van der Waals surface area contributed by atoms with E-state index in [0.29, 0.717) is 23.6 Å². The lowest BCUT2D eigenvalue weighted by Gasteiger charge is -2.26. The molecule has 2 rings (SSSR count). The summed E-state index contributed by atoms with van der Waals surface area (Å²) >= 11 is 0. The summed E-state index contributed by atoms with van der Waals surface area (Å²) in [4.78, 5) is 0.284. The van der Waals surface area contributed by atoms with Crippen molar-refractivity contribution in [2.45, 2.75) is 63.9 Å². The van der Waals surface area contributed by atoms with Crippen LogP contribution in [0.15, 0.2) is 9.31 Å². The number of hydrogen-bond acceptors (Lipinski definition) is 4. The van der Waals surface area contributed by atoms with Crippen LogP contribution in [0.2, 0.25) is 0 Å². The number of nitrogens with two attached hydrogens (primary N) is 1. The van der Waals surface area contributed by atoms with E-state index in [1.165, 1.54) is 0 Å². The molecule has 1 fully saturated rings. The molecule has 2 N–H and O–H groups in total. The van der Waals surface area contributed by atoms with Gasteiger partial charge in [0.15, 0.2) is 0 Å². The van der Waals surface area contributed by atoms with E-state index in [2.05, 4.69) is 0 Å². The molecule has 1 aromatic rings. The first-order valence-electron chi connectivity index (χ1n) is 7.20. The Bertz CT molecular complexity index is 577. The molecule has 1 aliphatic heterocycles. The number of sulfonamides is 1. The van der Waals surface area contributed by atoms with Crippen molar-refractivity contribution in [2.75, 3.05) is 6.54 Å². The first-order valence-corrected chi connectivity index (χ1v) is 8.64. The Hall–Kier alpha value is -0.850. The largest absolute Gasteiger partial charge is 0.465 e. The highest BCUT2D eigenvalue weighted by molar-refractivity contribution is 7.89. The van der Waals surface area contributed by atoms with Gasteiger partial charge in [0.25, 0.3) is 0 Å². The van der Waals surface area contributed by atoms with Crippen molar-refractivity contribution in [3.05, 3.63) is 17.1 Å².